The van der Waals surface area contributed by atoms with E-state index in [1.165, 1.54) is 0 Å². The van der Waals surface area contributed by atoms with Gasteiger partial charge in [0.05, 0.1) is 13.2 Å². The molecule has 0 radical (unpaired) electrons. The van der Waals surface area contributed by atoms with Crippen molar-refractivity contribution in [2.24, 2.45) is 10.7 Å². The van der Waals surface area contributed by atoms with Crippen molar-refractivity contribution in [1.29, 1.82) is 0 Å². The van der Waals surface area contributed by atoms with Crippen molar-refractivity contribution in [2.75, 3.05) is 37.5 Å². The number of hydrogen-bond acceptors (Lipinski definition) is 8. The summed E-state index contributed by atoms with van der Waals surface area (Å²) in [4.78, 5) is 43.7. The Balaban J connectivity index is 1.29. The summed E-state index contributed by atoms with van der Waals surface area (Å²) in [5.74, 6) is -0.288. The summed E-state index contributed by atoms with van der Waals surface area (Å²) in [5.41, 5.74) is 10.5. The van der Waals surface area contributed by atoms with Crippen LogP contribution < -0.4 is 16.0 Å². The van der Waals surface area contributed by atoms with Gasteiger partial charge in [-0.1, -0.05) is 0 Å². The van der Waals surface area contributed by atoms with Gasteiger partial charge in [-0.3, -0.25) is 14.6 Å². The lowest BCUT2D eigenvalue weighted by molar-refractivity contribution is -0.139. The van der Waals surface area contributed by atoms with E-state index in [2.05, 4.69) is 10.3 Å². The first kappa shape index (κ1) is 23.4. The molecule has 0 bridgehead atoms. The fourth-order valence-corrected chi connectivity index (χ4v) is 4.02. The number of ether oxygens (including phenoxy) is 1. The lowest BCUT2D eigenvalue weighted by Gasteiger charge is -2.22. The molecule has 2 aromatic rings. The third kappa shape index (κ3) is 4.63. The number of nitrogens with two attached hydrogens (primary N) is 1. The zero-order chi connectivity index (χ0) is 24.4. The topological polar surface area (TPSA) is 138 Å². The molecule has 0 aromatic heterocycles. The number of aliphatic imine (C=N–C) groups is 1. The van der Waals surface area contributed by atoms with Gasteiger partial charge in [-0.2, -0.15) is 0 Å². The van der Waals surface area contributed by atoms with Crippen LogP contribution >= 0.6 is 0 Å². The number of rotatable bonds is 9. The van der Waals surface area contributed by atoms with E-state index in [9.17, 15) is 19.5 Å². The number of hydrogen-bond donors (Lipinski definition) is 3. The molecule has 0 saturated heterocycles. The molecule has 2 heterocycles. The highest BCUT2D eigenvalue weighted by Gasteiger charge is 2.28. The minimum atomic E-state index is -1.67. The van der Waals surface area contributed by atoms with E-state index in [0.717, 1.165) is 22.4 Å². The number of fused-ring (bicyclic) bond motifs is 2. The molecule has 34 heavy (non-hydrogen) atoms. The van der Waals surface area contributed by atoms with Crippen LogP contribution in [0.2, 0.25) is 0 Å². The summed E-state index contributed by atoms with van der Waals surface area (Å²) >= 11 is 0. The maximum Gasteiger partial charge on any atom is 0.256 e. The predicted octanol–water partition coefficient (Wildman–Crippen LogP) is 0.511. The smallest absolute Gasteiger partial charge is 0.256 e. The number of amidine groups is 1. The van der Waals surface area contributed by atoms with Crippen molar-refractivity contribution in [3.05, 3.63) is 58.7 Å². The molecule has 2 aliphatic heterocycles. The van der Waals surface area contributed by atoms with Crippen LogP contribution in [0.15, 0.2) is 41.4 Å². The first-order valence-electron chi connectivity index (χ1n) is 10.9. The van der Waals surface area contributed by atoms with Gasteiger partial charge in [0.25, 0.3) is 11.8 Å². The van der Waals surface area contributed by atoms with Gasteiger partial charge in [0.1, 0.15) is 11.9 Å². The van der Waals surface area contributed by atoms with E-state index < -0.39 is 18.1 Å². The van der Waals surface area contributed by atoms with Crippen molar-refractivity contribution in [2.45, 2.75) is 25.3 Å². The fourth-order valence-electron chi connectivity index (χ4n) is 4.02. The van der Waals surface area contributed by atoms with Gasteiger partial charge in [-0.15, -0.1) is 0 Å². The molecule has 0 spiro atoms. The predicted molar refractivity (Wildman–Crippen MR) is 127 cm³/mol. The van der Waals surface area contributed by atoms with E-state index in [4.69, 9.17) is 10.5 Å². The van der Waals surface area contributed by atoms with Gasteiger partial charge in [0, 0.05) is 49.7 Å². The molecular formula is C24H27N5O5. The molecule has 4 rings (SSSR count). The standard InChI is InChI=1S/C24H27N5O5/c1-28(17-4-6-19-15(10-17)12-29(2)24(19)33)7-8-34-20(13-30)21(31)23(32)27-16-3-5-18-14(9-16)11-26-22(18)25/h3-6,9-10,13,20-21,31H,7-8,11-12H2,1-2H3,(H2,25,26)(H,27,32). The molecule has 2 atom stereocenters. The molecule has 178 valence electrons. The van der Waals surface area contributed by atoms with Crippen LogP contribution in [0, 0.1) is 0 Å². The summed E-state index contributed by atoms with van der Waals surface area (Å²) in [6, 6.07) is 10.7. The van der Waals surface area contributed by atoms with Crippen molar-refractivity contribution in [3.8, 4) is 0 Å². The zero-order valence-electron chi connectivity index (χ0n) is 19.0. The maximum absolute atomic E-state index is 12.5. The van der Waals surface area contributed by atoms with E-state index in [1.807, 2.05) is 24.1 Å². The number of amides is 2. The Morgan fingerprint density at radius 2 is 2.06 bits per heavy atom. The van der Waals surface area contributed by atoms with Crippen molar-refractivity contribution in [1.82, 2.24) is 4.90 Å². The number of nitrogens with zero attached hydrogens (tertiary/aromatic N) is 3. The number of benzene rings is 2. The Hall–Kier alpha value is -3.76. The van der Waals surface area contributed by atoms with Crippen LogP contribution in [0.1, 0.15) is 27.0 Å². The highest BCUT2D eigenvalue weighted by atomic mass is 16.5. The molecule has 2 aliphatic rings. The Labute approximate surface area is 197 Å². The second kappa shape index (κ2) is 9.62. The first-order chi connectivity index (χ1) is 16.3. The number of aldehydes is 1. The van der Waals surface area contributed by atoms with Crippen molar-refractivity contribution < 1.29 is 24.2 Å². The van der Waals surface area contributed by atoms with Crippen LogP contribution in [0.3, 0.4) is 0 Å². The fraction of sp³-hybridized carbons (Fsp3) is 0.333. The third-order valence-electron chi connectivity index (χ3n) is 6.03. The average Bonchev–Trinajstić information content (AvgIpc) is 3.34. The molecule has 2 amide bonds. The van der Waals surface area contributed by atoms with E-state index in [1.54, 1.807) is 36.2 Å². The van der Waals surface area contributed by atoms with Gasteiger partial charge < -0.3 is 35.5 Å². The van der Waals surface area contributed by atoms with Gasteiger partial charge in [-0.25, -0.2) is 0 Å². The van der Waals surface area contributed by atoms with Crippen molar-refractivity contribution in [3.63, 3.8) is 0 Å². The number of carbonyl (C=O) groups is 3. The minimum absolute atomic E-state index is 0.00554. The highest BCUT2D eigenvalue weighted by Crippen LogP contribution is 2.26. The van der Waals surface area contributed by atoms with E-state index in [-0.39, 0.29) is 12.5 Å². The van der Waals surface area contributed by atoms with Gasteiger partial charge >= 0.3 is 0 Å². The molecule has 10 heteroatoms. The minimum Gasteiger partial charge on any atom is -0.383 e. The molecular weight excluding hydrogens is 438 g/mol. The molecule has 10 nitrogen and oxygen atoms in total. The Morgan fingerprint density at radius 1 is 1.29 bits per heavy atom. The third-order valence-corrected chi connectivity index (χ3v) is 6.03. The zero-order valence-corrected chi connectivity index (χ0v) is 19.0. The monoisotopic (exact) mass is 465 g/mol. The lowest BCUT2D eigenvalue weighted by Crippen LogP contribution is -2.41. The Kier molecular flexibility index (Phi) is 6.62. The Bertz CT molecular complexity index is 1160. The average molecular weight is 466 g/mol. The quantitative estimate of drug-likeness (QED) is 0.459. The van der Waals surface area contributed by atoms with Gasteiger partial charge in [0.2, 0.25) is 0 Å². The molecule has 4 N–H and O–H groups in total. The largest absolute Gasteiger partial charge is 0.383 e. The number of aliphatic hydroxyl groups excluding tert-OH is 1. The second-order valence-electron chi connectivity index (χ2n) is 8.40. The molecule has 0 fully saturated rings. The first-order valence-corrected chi connectivity index (χ1v) is 10.9. The summed E-state index contributed by atoms with van der Waals surface area (Å²) in [5, 5.41) is 12.9. The molecule has 2 aromatic carbocycles. The lowest BCUT2D eigenvalue weighted by atomic mass is 10.1. The summed E-state index contributed by atoms with van der Waals surface area (Å²) in [6.07, 6.45) is -2.56. The normalized spacial score (nSPS) is 15.9. The van der Waals surface area contributed by atoms with Crippen LogP contribution in [0.5, 0.6) is 0 Å². The summed E-state index contributed by atoms with van der Waals surface area (Å²) < 4.78 is 5.50. The number of likely N-dealkylation sites (N-methyl/N-ethyl adjacent to an activating group) is 1. The Morgan fingerprint density at radius 3 is 2.82 bits per heavy atom. The van der Waals surface area contributed by atoms with Crippen LogP contribution in [0.4, 0.5) is 11.4 Å². The highest BCUT2D eigenvalue weighted by molar-refractivity contribution is 6.02. The SMILES string of the molecule is CN1Cc2cc(N(C)CCOC(C=O)C(O)C(=O)Nc3ccc4c(c3)CN=C4N)ccc2C1=O. The molecule has 0 saturated carbocycles. The van der Waals surface area contributed by atoms with E-state index >= 15 is 0 Å². The number of aliphatic hydroxyl groups is 1. The number of carbonyl (C=O) groups excluding carboxylic acids is 3. The maximum atomic E-state index is 12.5. The summed E-state index contributed by atoms with van der Waals surface area (Å²) in [7, 11) is 3.62. The van der Waals surface area contributed by atoms with E-state index in [0.29, 0.717) is 43.0 Å². The number of nitrogens with one attached hydrogen (secondary N) is 1. The van der Waals surface area contributed by atoms with Gasteiger partial charge in [0.15, 0.2) is 12.4 Å². The van der Waals surface area contributed by atoms with Crippen LogP contribution in [-0.2, 0) is 27.4 Å². The van der Waals surface area contributed by atoms with Crippen molar-refractivity contribution >= 4 is 35.3 Å². The van der Waals surface area contributed by atoms with Crippen LogP contribution in [0.25, 0.3) is 0 Å². The summed E-state index contributed by atoms with van der Waals surface area (Å²) in [6.45, 7) is 1.51. The molecule has 2 unspecified atom stereocenters. The van der Waals surface area contributed by atoms with Crippen LogP contribution in [-0.4, -0.2) is 73.4 Å². The molecule has 0 aliphatic carbocycles. The van der Waals surface area contributed by atoms with Gasteiger partial charge in [-0.05, 0) is 47.5 Å². The second-order valence-corrected chi connectivity index (χ2v) is 8.40. The number of anilines is 2.